The van der Waals surface area contributed by atoms with Gasteiger partial charge in [-0.15, -0.1) is 0 Å². The summed E-state index contributed by atoms with van der Waals surface area (Å²) in [6.07, 6.45) is 0.152. The summed E-state index contributed by atoms with van der Waals surface area (Å²) >= 11 is 6.12. The van der Waals surface area contributed by atoms with Gasteiger partial charge in [-0.05, 0) is 31.2 Å². The first-order valence-corrected chi connectivity index (χ1v) is 9.49. The predicted molar refractivity (Wildman–Crippen MR) is 109 cm³/mol. The minimum absolute atomic E-state index is 0.118. The molecular formula is C21H26ClN3O2. The maximum atomic E-state index is 12.6. The molecule has 5 nitrogen and oxygen atoms in total. The molecular weight excluding hydrogens is 362 g/mol. The zero-order chi connectivity index (χ0) is 19.6. The lowest BCUT2D eigenvalue weighted by atomic mass is 10.0. The van der Waals surface area contributed by atoms with E-state index in [9.17, 15) is 9.59 Å². The summed E-state index contributed by atoms with van der Waals surface area (Å²) in [5.41, 5.74) is 1.26. The SMILES string of the molecule is CCN[C@H](C)CNC(=O)CC(NC(=O)c1ccccc1Cl)c1ccccc1. The van der Waals surface area contributed by atoms with E-state index in [4.69, 9.17) is 11.6 Å². The summed E-state index contributed by atoms with van der Waals surface area (Å²) in [6, 6.07) is 16.1. The minimum atomic E-state index is -0.440. The lowest BCUT2D eigenvalue weighted by Crippen LogP contribution is -2.40. The van der Waals surface area contributed by atoms with E-state index >= 15 is 0 Å². The first kappa shape index (κ1) is 20.9. The molecule has 0 saturated heterocycles. The van der Waals surface area contributed by atoms with Gasteiger partial charge in [0.25, 0.3) is 5.91 Å². The summed E-state index contributed by atoms with van der Waals surface area (Å²) in [5.74, 6) is -0.420. The summed E-state index contributed by atoms with van der Waals surface area (Å²) in [5, 5.41) is 9.47. The Balaban J connectivity index is 2.07. The summed E-state index contributed by atoms with van der Waals surface area (Å²) in [4.78, 5) is 25.0. The van der Waals surface area contributed by atoms with Crippen LogP contribution in [0.2, 0.25) is 5.02 Å². The van der Waals surface area contributed by atoms with E-state index in [1.807, 2.05) is 44.2 Å². The average molecular weight is 388 g/mol. The van der Waals surface area contributed by atoms with Crippen LogP contribution in [0.1, 0.15) is 42.2 Å². The van der Waals surface area contributed by atoms with Gasteiger partial charge in [-0.1, -0.05) is 61.0 Å². The lowest BCUT2D eigenvalue weighted by molar-refractivity contribution is -0.121. The van der Waals surface area contributed by atoms with E-state index in [1.165, 1.54) is 0 Å². The van der Waals surface area contributed by atoms with Crippen LogP contribution in [0, 0.1) is 0 Å². The van der Waals surface area contributed by atoms with Gasteiger partial charge in [0, 0.05) is 12.6 Å². The first-order chi connectivity index (χ1) is 13.0. The predicted octanol–water partition coefficient (Wildman–Crippen LogP) is 3.32. The fourth-order valence-corrected chi connectivity index (χ4v) is 2.99. The molecule has 144 valence electrons. The van der Waals surface area contributed by atoms with Crippen molar-refractivity contribution in [2.24, 2.45) is 0 Å². The van der Waals surface area contributed by atoms with Crippen molar-refractivity contribution in [2.75, 3.05) is 13.1 Å². The molecule has 2 atom stereocenters. The molecule has 1 unspecified atom stereocenters. The summed E-state index contributed by atoms with van der Waals surface area (Å²) in [6.45, 7) is 5.41. The number of hydrogen-bond donors (Lipinski definition) is 3. The Morgan fingerprint density at radius 1 is 1.04 bits per heavy atom. The zero-order valence-corrected chi connectivity index (χ0v) is 16.4. The van der Waals surface area contributed by atoms with Crippen LogP contribution in [-0.2, 0) is 4.79 Å². The second kappa shape index (κ2) is 10.7. The van der Waals surface area contributed by atoms with Crippen molar-refractivity contribution < 1.29 is 9.59 Å². The number of benzene rings is 2. The molecule has 0 radical (unpaired) electrons. The summed E-state index contributed by atoms with van der Waals surface area (Å²) < 4.78 is 0. The maximum Gasteiger partial charge on any atom is 0.253 e. The molecule has 0 saturated carbocycles. The van der Waals surface area contributed by atoms with E-state index < -0.39 is 6.04 Å². The van der Waals surface area contributed by atoms with Crippen LogP contribution < -0.4 is 16.0 Å². The number of halogens is 1. The van der Waals surface area contributed by atoms with Gasteiger partial charge in [0.1, 0.15) is 0 Å². The molecule has 2 aromatic rings. The number of amides is 2. The molecule has 0 spiro atoms. The Labute approximate surface area is 165 Å². The Bertz CT molecular complexity index is 752. The topological polar surface area (TPSA) is 70.2 Å². The van der Waals surface area contributed by atoms with Crippen LogP contribution in [0.15, 0.2) is 54.6 Å². The highest BCUT2D eigenvalue weighted by Crippen LogP contribution is 2.20. The molecule has 0 bridgehead atoms. The number of carbonyl (C=O) groups excluding carboxylic acids is 2. The van der Waals surface area contributed by atoms with E-state index in [2.05, 4.69) is 16.0 Å². The van der Waals surface area contributed by atoms with E-state index in [1.54, 1.807) is 24.3 Å². The van der Waals surface area contributed by atoms with Crippen LogP contribution in [0.3, 0.4) is 0 Å². The number of hydrogen-bond acceptors (Lipinski definition) is 3. The Morgan fingerprint density at radius 2 is 1.70 bits per heavy atom. The minimum Gasteiger partial charge on any atom is -0.354 e. The fraction of sp³-hybridized carbons (Fsp3) is 0.333. The van der Waals surface area contributed by atoms with Gasteiger partial charge in [0.2, 0.25) is 5.91 Å². The first-order valence-electron chi connectivity index (χ1n) is 9.11. The van der Waals surface area contributed by atoms with Crippen LogP contribution in [0.5, 0.6) is 0 Å². The van der Waals surface area contributed by atoms with Crippen molar-refractivity contribution in [1.29, 1.82) is 0 Å². The molecule has 0 aromatic heterocycles. The van der Waals surface area contributed by atoms with Crippen molar-refractivity contribution in [1.82, 2.24) is 16.0 Å². The van der Waals surface area contributed by atoms with Crippen molar-refractivity contribution in [3.05, 3.63) is 70.7 Å². The van der Waals surface area contributed by atoms with Gasteiger partial charge in [-0.2, -0.15) is 0 Å². The average Bonchev–Trinajstić information content (AvgIpc) is 2.67. The van der Waals surface area contributed by atoms with Gasteiger partial charge in [-0.3, -0.25) is 9.59 Å². The lowest BCUT2D eigenvalue weighted by Gasteiger charge is -2.20. The molecule has 3 N–H and O–H groups in total. The largest absolute Gasteiger partial charge is 0.354 e. The Morgan fingerprint density at radius 3 is 2.37 bits per heavy atom. The highest BCUT2D eigenvalue weighted by Gasteiger charge is 2.20. The van der Waals surface area contributed by atoms with Crippen molar-refractivity contribution in [3.8, 4) is 0 Å². The number of carbonyl (C=O) groups is 2. The van der Waals surface area contributed by atoms with Gasteiger partial charge in [0.05, 0.1) is 23.0 Å². The van der Waals surface area contributed by atoms with Crippen LogP contribution >= 0.6 is 11.6 Å². The monoisotopic (exact) mass is 387 g/mol. The van der Waals surface area contributed by atoms with Crippen molar-refractivity contribution in [3.63, 3.8) is 0 Å². The van der Waals surface area contributed by atoms with E-state index in [0.717, 1.165) is 12.1 Å². The number of rotatable bonds is 9. The molecule has 2 rings (SSSR count). The summed E-state index contributed by atoms with van der Waals surface area (Å²) in [7, 11) is 0. The van der Waals surface area contributed by atoms with Gasteiger partial charge < -0.3 is 16.0 Å². The molecule has 0 fully saturated rings. The van der Waals surface area contributed by atoms with E-state index in [0.29, 0.717) is 17.1 Å². The third-order valence-corrected chi connectivity index (χ3v) is 4.50. The molecule has 27 heavy (non-hydrogen) atoms. The third-order valence-electron chi connectivity index (χ3n) is 4.17. The fourth-order valence-electron chi connectivity index (χ4n) is 2.76. The standard InChI is InChI=1S/C21H26ClN3O2/c1-3-23-15(2)14-24-20(26)13-19(16-9-5-4-6-10-16)25-21(27)17-11-7-8-12-18(17)22/h4-12,15,19,23H,3,13-14H2,1-2H3,(H,24,26)(H,25,27)/t15-,19?/m1/s1. The van der Waals surface area contributed by atoms with Gasteiger partial charge in [0.15, 0.2) is 0 Å². The van der Waals surface area contributed by atoms with Crippen LogP contribution in [-0.4, -0.2) is 30.9 Å². The molecule has 0 aliphatic carbocycles. The quantitative estimate of drug-likeness (QED) is 0.618. The van der Waals surface area contributed by atoms with Crippen molar-refractivity contribution in [2.45, 2.75) is 32.4 Å². The van der Waals surface area contributed by atoms with Gasteiger partial charge in [-0.25, -0.2) is 0 Å². The van der Waals surface area contributed by atoms with Crippen LogP contribution in [0.25, 0.3) is 0 Å². The maximum absolute atomic E-state index is 12.6. The van der Waals surface area contributed by atoms with Crippen LogP contribution in [0.4, 0.5) is 0 Å². The Kier molecular flexibility index (Phi) is 8.30. The van der Waals surface area contributed by atoms with Crippen molar-refractivity contribution >= 4 is 23.4 Å². The highest BCUT2D eigenvalue weighted by atomic mass is 35.5. The molecule has 6 heteroatoms. The zero-order valence-electron chi connectivity index (χ0n) is 15.7. The van der Waals surface area contributed by atoms with E-state index in [-0.39, 0.29) is 24.3 Å². The normalized spacial score (nSPS) is 12.9. The molecule has 0 heterocycles. The molecule has 0 aliphatic heterocycles. The number of likely N-dealkylation sites (N-methyl/N-ethyl adjacent to an activating group) is 1. The molecule has 0 aliphatic rings. The van der Waals surface area contributed by atoms with Gasteiger partial charge >= 0.3 is 0 Å². The highest BCUT2D eigenvalue weighted by molar-refractivity contribution is 6.33. The Hall–Kier alpha value is -2.37. The third kappa shape index (κ3) is 6.70. The molecule has 2 amide bonds. The smallest absolute Gasteiger partial charge is 0.253 e. The second-order valence-electron chi connectivity index (χ2n) is 6.38. The second-order valence-corrected chi connectivity index (χ2v) is 6.79. The molecule has 2 aromatic carbocycles. The number of nitrogens with one attached hydrogen (secondary N) is 3.